The van der Waals surface area contributed by atoms with Crippen LogP contribution in [-0.4, -0.2) is 69.4 Å². The van der Waals surface area contributed by atoms with Crippen LogP contribution in [-0.2, 0) is 27.9 Å². The second-order valence-corrected chi connectivity index (χ2v) is 21.8. The second-order valence-electron chi connectivity index (χ2n) is 20.4. The van der Waals surface area contributed by atoms with E-state index in [2.05, 4.69) is 135 Å². The first kappa shape index (κ1) is 71.2. The number of nitrogens with one attached hydrogen (secondary N) is 1. The molecular weight excluding hydrogens is 952 g/mol. The molecule has 9 nitrogen and oxygen atoms in total. The van der Waals surface area contributed by atoms with Crippen molar-refractivity contribution in [3.8, 4) is 0 Å². The highest BCUT2D eigenvalue weighted by Gasteiger charge is 2.27. The lowest BCUT2D eigenvalue weighted by Crippen LogP contribution is -2.47. The molecule has 75 heavy (non-hydrogen) atoms. The molecule has 3 atom stereocenters. The highest BCUT2D eigenvalue weighted by atomic mass is 31.2. The number of nitrogens with zero attached hydrogens (tertiary/aromatic N) is 1. The molecule has 0 radical (unpaired) electrons. The Morgan fingerprint density at radius 2 is 0.867 bits per heavy atom. The number of phosphoric acid groups is 1. The molecule has 0 spiro atoms. The Hall–Kier alpha value is -3.85. The zero-order valence-corrected chi connectivity index (χ0v) is 49.3. The van der Waals surface area contributed by atoms with E-state index in [0.717, 1.165) is 96.3 Å². The first-order valence-electron chi connectivity index (χ1n) is 29.5. The molecule has 0 heterocycles. The normalized spacial score (nSPS) is 14.7. The van der Waals surface area contributed by atoms with Crippen LogP contribution in [0, 0.1) is 0 Å². The van der Waals surface area contributed by atoms with Crippen LogP contribution in [0.5, 0.6) is 0 Å². The summed E-state index contributed by atoms with van der Waals surface area (Å²) in [6.45, 7) is 6.59. The number of likely N-dealkylation sites (N-methyl/N-ethyl adjacent to an activating group) is 1. The van der Waals surface area contributed by atoms with Gasteiger partial charge < -0.3 is 28.5 Å². The maximum absolute atomic E-state index is 13.5. The van der Waals surface area contributed by atoms with Gasteiger partial charge in [-0.1, -0.05) is 219 Å². The average Bonchev–Trinajstić information content (AvgIpc) is 3.37. The number of carbonyl (C=O) groups is 2. The van der Waals surface area contributed by atoms with Crippen LogP contribution >= 0.6 is 7.82 Å². The van der Waals surface area contributed by atoms with Gasteiger partial charge in [-0.2, -0.15) is 0 Å². The number of hydrogen-bond acceptors (Lipinski definition) is 7. The van der Waals surface area contributed by atoms with E-state index in [1.54, 1.807) is 6.08 Å². The minimum absolute atomic E-state index is 0.0476. The number of allylic oxidation sites excluding steroid dienone is 21. The van der Waals surface area contributed by atoms with E-state index < -0.39 is 32.5 Å². The molecule has 0 aromatic carbocycles. The van der Waals surface area contributed by atoms with E-state index >= 15 is 0 Å². The van der Waals surface area contributed by atoms with Gasteiger partial charge in [-0.15, -0.1) is 0 Å². The number of hydrogen-bond donors (Lipinski definition) is 1. The Bertz CT molecular complexity index is 1740. The molecule has 0 saturated carbocycles. The van der Waals surface area contributed by atoms with Crippen LogP contribution in [0.1, 0.15) is 213 Å². The van der Waals surface area contributed by atoms with Crippen molar-refractivity contribution < 1.29 is 37.3 Å². The van der Waals surface area contributed by atoms with Crippen LogP contribution in [0.15, 0.2) is 134 Å². The molecule has 0 aliphatic carbocycles. The van der Waals surface area contributed by atoms with Gasteiger partial charge in [0.2, 0.25) is 5.91 Å². The average molecular weight is 1060 g/mol. The highest BCUT2D eigenvalue weighted by Crippen LogP contribution is 2.38. The van der Waals surface area contributed by atoms with Gasteiger partial charge in [0.25, 0.3) is 7.82 Å². The van der Waals surface area contributed by atoms with Gasteiger partial charge in [0.05, 0.1) is 33.8 Å². The predicted octanol–water partition coefficient (Wildman–Crippen LogP) is 17.5. The zero-order valence-electron chi connectivity index (χ0n) is 48.4. The number of quaternary nitrogens is 1. The predicted molar refractivity (Wildman–Crippen MR) is 320 cm³/mol. The number of ether oxygens (including phenoxy) is 1. The van der Waals surface area contributed by atoms with Crippen LogP contribution in [0.2, 0.25) is 0 Å². The van der Waals surface area contributed by atoms with E-state index in [9.17, 15) is 19.0 Å². The summed E-state index contributed by atoms with van der Waals surface area (Å²) in [6, 6.07) is -0.945. The van der Waals surface area contributed by atoms with Crippen LogP contribution in [0.3, 0.4) is 0 Å². The van der Waals surface area contributed by atoms with Crippen LogP contribution in [0.25, 0.3) is 0 Å². The molecule has 10 heteroatoms. The smallest absolute Gasteiger partial charge is 0.306 e. The third-order valence-corrected chi connectivity index (χ3v) is 13.0. The minimum Gasteiger partial charge on any atom is -0.756 e. The number of amides is 1. The molecule has 0 fully saturated rings. The standard InChI is InChI=1S/C65H109N2O7P/c1-7-10-13-16-19-22-25-27-29-31-33-35-37-39-42-45-48-51-54-57-64(68)66-62(61-73-75(70,71)72-60-59-67(4,5)6)63(56-53-50-47-44-41-24-21-18-15-12-9-3)74-65(69)58-55-52-49-46-43-40-38-36-34-32-30-28-26-23-20-17-14-11-8-2/h11,14,19-20,22-23,27-30,33-36,39-40,42-43,49,52-53,56,62-63H,7-10,12-13,15-18,21,24-26,31-32,37-38,41,44-48,50-51,54-55,57-61H2,1-6H3,(H-,66,68,70,71)/b14-11-,22-19-,23-20-,29-27-,30-28-,35-33-,36-34-,42-39-,43-40-,52-49-,56-53+. The van der Waals surface area contributed by atoms with Crippen molar-refractivity contribution in [1.29, 1.82) is 0 Å². The van der Waals surface area contributed by atoms with Crippen molar-refractivity contribution in [3.63, 3.8) is 0 Å². The molecule has 426 valence electrons. The molecule has 1 amide bonds. The third-order valence-electron chi connectivity index (χ3n) is 12.1. The first-order chi connectivity index (χ1) is 36.4. The minimum atomic E-state index is -4.73. The maximum atomic E-state index is 13.5. The summed E-state index contributed by atoms with van der Waals surface area (Å²) >= 11 is 0. The fraction of sp³-hybridized carbons (Fsp3) is 0.631. The molecule has 1 N–H and O–H groups in total. The maximum Gasteiger partial charge on any atom is 0.306 e. The van der Waals surface area contributed by atoms with Gasteiger partial charge in [0, 0.05) is 12.8 Å². The van der Waals surface area contributed by atoms with Crippen molar-refractivity contribution in [2.75, 3.05) is 40.9 Å². The molecule has 0 rings (SSSR count). The Morgan fingerprint density at radius 3 is 1.33 bits per heavy atom. The van der Waals surface area contributed by atoms with Gasteiger partial charge in [0.1, 0.15) is 19.3 Å². The van der Waals surface area contributed by atoms with Crippen molar-refractivity contribution >= 4 is 19.7 Å². The Balaban J connectivity index is 5.48. The van der Waals surface area contributed by atoms with E-state index in [0.29, 0.717) is 23.9 Å². The zero-order chi connectivity index (χ0) is 55.0. The molecule has 0 saturated heterocycles. The number of rotatable bonds is 51. The van der Waals surface area contributed by atoms with Crippen molar-refractivity contribution in [2.24, 2.45) is 0 Å². The van der Waals surface area contributed by atoms with Crippen molar-refractivity contribution in [1.82, 2.24) is 5.32 Å². The van der Waals surface area contributed by atoms with Crippen molar-refractivity contribution in [3.05, 3.63) is 134 Å². The Labute approximate surface area is 460 Å². The summed E-state index contributed by atoms with van der Waals surface area (Å²) in [5.41, 5.74) is 0. The fourth-order valence-corrected chi connectivity index (χ4v) is 8.25. The molecule has 0 aromatic heterocycles. The fourth-order valence-electron chi connectivity index (χ4n) is 7.53. The molecular formula is C65H109N2O7P. The van der Waals surface area contributed by atoms with Gasteiger partial charge in [-0.25, -0.2) is 0 Å². The van der Waals surface area contributed by atoms with E-state index in [-0.39, 0.29) is 25.4 Å². The number of carbonyl (C=O) groups excluding carboxylic acids is 2. The lowest BCUT2D eigenvalue weighted by Gasteiger charge is -2.30. The van der Waals surface area contributed by atoms with E-state index in [4.69, 9.17) is 13.8 Å². The topological polar surface area (TPSA) is 114 Å². The molecule has 0 aromatic rings. The van der Waals surface area contributed by atoms with Gasteiger partial charge in [0.15, 0.2) is 0 Å². The summed E-state index contributed by atoms with van der Waals surface area (Å²) in [5, 5.41) is 2.98. The lowest BCUT2D eigenvalue weighted by molar-refractivity contribution is -0.870. The van der Waals surface area contributed by atoms with Crippen molar-refractivity contribution in [2.45, 2.75) is 226 Å². The Morgan fingerprint density at radius 1 is 0.480 bits per heavy atom. The number of esters is 1. The largest absolute Gasteiger partial charge is 0.756 e. The monoisotopic (exact) mass is 1060 g/mol. The summed E-state index contributed by atoms with van der Waals surface area (Å²) in [5.74, 6) is -0.688. The number of phosphoric ester groups is 1. The van der Waals surface area contributed by atoms with E-state index in [1.807, 2.05) is 39.4 Å². The molecule has 0 aliphatic heterocycles. The summed E-state index contributed by atoms with van der Waals surface area (Å²) in [6.07, 6.45) is 75.8. The van der Waals surface area contributed by atoms with Gasteiger partial charge in [-0.3, -0.25) is 14.2 Å². The second kappa shape index (κ2) is 53.5. The lowest BCUT2D eigenvalue weighted by atomic mass is 10.1. The molecule has 3 unspecified atom stereocenters. The highest BCUT2D eigenvalue weighted by molar-refractivity contribution is 7.45. The van der Waals surface area contributed by atoms with E-state index in [1.165, 1.54) is 70.6 Å². The van der Waals surface area contributed by atoms with Gasteiger partial charge in [-0.05, 0) is 115 Å². The quantitative estimate of drug-likeness (QED) is 0.0212. The number of unbranched alkanes of at least 4 members (excludes halogenated alkanes) is 15. The van der Waals surface area contributed by atoms with Crippen LogP contribution in [0.4, 0.5) is 0 Å². The first-order valence-corrected chi connectivity index (χ1v) is 31.0. The Kier molecular flexibility index (Phi) is 50.8. The van der Waals surface area contributed by atoms with Gasteiger partial charge >= 0.3 is 5.97 Å². The summed E-state index contributed by atoms with van der Waals surface area (Å²) in [4.78, 5) is 39.9. The third kappa shape index (κ3) is 54.7. The summed E-state index contributed by atoms with van der Waals surface area (Å²) in [7, 11) is 1.10. The SMILES string of the molecule is CC/C=C\C/C=C\C/C=C\C/C=C\C/C=C\C/C=C\CCC(=O)OC(/C=C/CCCCCCCCCCC)C(COP(=O)([O-])OCC[N+](C)(C)C)NC(=O)CCCCC/C=C\C/C=C\C/C=C\C/C=C\CCCCC. The molecule has 0 bridgehead atoms. The molecule has 0 aliphatic rings. The van der Waals surface area contributed by atoms with Crippen LogP contribution < -0.4 is 10.2 Å². The summed E-state index contributed by atoms with van der Waals surface area (Å²) < 4.78 is 30.1.